The van der Waals surface area contributed by atoms with E-state index in [1.165, 1.54) is 0 Å². The molecule has 0 atom stereocenters. The number of carbonyl (C=O) groups is 1. The number of carbonyl (C=O) groups excluding carboxylic acids is 1. The quantitative estimate of drug-likeness (QED) is 0.349. The van der Waals surface area contributed by atoms with Gasteiger partial charge in [0.15, 0.2) is 0 Å². The van der Waals surface area contributed by atoms with Crippen molar-refractivity contribution in [2.45, 2.75) is 6.42 Å². The molecule has 3 nitrogen and oxygen atoms in total. The fraction of sp³-hybridized carbons (Fsp3) is 0.800. The minimum atomic E-state index is -0.974. The average Bonchev–Trinajstić information content (AvgIpc) is 1.55. The summed E-state index contributed by atoms with van der Waals surface area (Å²) < 4.78 is 4.74. The van der Waals surface area contributed by atoms with Crippen LogP contribution in [0.25, 0.3) is 0 Å². The van der Waals surface area contributed by atoms with Crippen molar-refractivity contribution < 1.29 is 33.5 Å². The largest absolute Gasteiger partial charge is 1.00 e. The smallest absolute Gasteiger partial charge is 0.550 e. The van der Waals surface area contributed by atoms with E-state index in [0.29, 0.717) is 13.2 Å². The molecule has 46 valence electrons. The van der Waals surface area contributed by atoms with E-state index in [1.54, 1.807) is 0 Å². The number of rotatable bonds is 2. The van der Waals surface area contributed by atoms with Gasteiger partial charge in [0.2, 0.25) is 0 Å². The molecule has 0 spiro atoms. The van der Waals surface area contributed by atoms with E-state index >= 15 is 0 Å². The first-order valence-corrected chi connectivity index (χ1v) is 2.56. The second kappa shape index (κ2) is 3.94. The summed E-state index contributed by atoms with van der Waals surface area (Å²) in [7, 11) is 0. The van der Waals surface area contributed by atoms with E-state index in [1.807, 2.05) is 0 Å². The second-order valence-electron chi connectivity index (χ2n) is 1.98. The van der Waals surface area contributed by atoms with Crippen molar-refractivity contribution in [3.63, 3.8) is 0 Å². The molecule has 0 bridgehead atoms. The summed E-state index contributed by atoms with van der Waals surface area (Å²) in [6.07, 6.45) is 0.153. The van der Waals surface area contributed by atoms with E-state index in [-0.39, 0.29) is 31.2 Å². The first-order chi connectivity index (χ1) is 3.79. The Bertz CT molecular complexity index is 100. The molecule has 1 heterocycles. The van der Waals surface area contributed by atoms with Crippen LogP contribution < -0.4 is 24.0 Å². The summed E-state index contributed by atoms with van der Waals surface area (Å²) in [5.41, 5.74) is 0. The molecule has 4 heteroatoms. The molecule has 0 aromatic heterocycles. The number of aliphatic carboxylic acids is 1. The van der Waals surface area contributed by atoms with Gasteiger partial charge in [0, 0.05) is 11.9 Å². The van der Waals surface area contributed by atoms with E-state index in [0.717, 1.165) is 0 Å². The van der Waals surface area contributed by atoms with Gasteiger partial charge in [0.05, 0.1) is 13.2 Å². The molecular formula is C5H7LiO3. The van der Waals surface area contributed by atoms with Crippen LogP contribution in [0.1, 0.15) is 6.42 Å². The second-order valence-corrected chi connectivity index (χ2v) is 1.98. The van der Waals surface area contributed by atoms with Crippen LogP contribution in [0.3, 0.4) is 0 Å². The SMILES string of the molecule is O=C([O-])CC1COC1.[Li+]. The van der Waals surface area contributed by atoms with Crippen LogP contribution in [0.2, 0.25) is 0 Å². The van der Waals surface area contributed by atoms with Crippen molar-refractivity contribution in [2.75, 3.05) is 13.2 Å². The number of ether oxygens (including phenoxy) is 1. The molecule has 0 aromatic carbocycles. The maximum Gasteiger partial charge on any atom is 1.00 e. The monoisotopic (exact) mass is 122 g/mol. The molecule has 1 aliphatic heterocycles. The molecule has 1 fully saturated rings. The van der Waals surface area contributed by atoms with E-state index in [2.05, 4.69) is 0 Å². The zero-order chi connectivity index (χ0) is 5.98. The Morgan fingerprint density at radius 1 is 1.67 bits per heavy atom. The van der Waals surface area contributed by atoms with Gasteiger partial charge in [-0.15, -0.1) is 0 Å². The van der Waals surface area contributed by atoms with Crippen LogP contribution in [0.5, 0.6) is 0 Å². The van der Waals surface area contributed by atoms with Gasteiger partial charge in [0.25, 0.3) is 0 Å². The van der Waals surface area contributed by atoms with Crippen molar-refractivity contribution in [1.29, 1.82) is 0 Å². The third-order valence-electron chi connectivity index (χ3n) is 1.16. The summed E-state index contributed by atoms with van der Waals surface area (Å²) in [4.78, 5) is 9.84. The predicted molar refractivity (Wildman–Crippen MR) is 23.9 cm³/mol. The van der Waals surface area contributed by atoms with Gasteiger partial charge in [-0.2, -0.15) is 0 Å². The fourth-order valence-electron chi connectivity index (χ4n) is 0.638. The first kappa shape index (κ1) is 9.03. The Kier molecular flexibility index (Phi) is 3.95. The maximum absolute atomic E-state index is 9.84. The van der Waals surface area contributed by atoms with Crippen LogP contribution in [-0.4, -0.2) is 19.2 Å². The van der Waals surface area contributed by atoms with Gasteiger partial charge in [0.1, 0.15) is 0 Å². The van der Waals surface area contributed by atoms with E-state index < -0.39 is 5.97 Å². The fourth-order valence-corrected chi connectivity index (χ4v) is 0.638. The Morgan fingerprint density at radius 2 is 2.22 bits per heavy atom. The number of carboxylic acid groups (broad SMARTS) is 1. The van der Waals surface area contributed by atoms with Crippen molar-refractivity contribution >= 4 is 5.97 Å². The number of carboxylic acids is 1. The first-order valence-electron chi connectivity index (χ1n) is 2.56. The summed E-state index contributed by atoms with van der Waals surface area (Å²) in [6, 6.07) is 0. The molecule has 0 radical (unpaired) electrons. The van der Waals surface area contributed by atoms with Crippen LogP contribution >= 0.6 is 0 Å². The van der Waals surface area contributed by atoms with Crippen LogP contribution in [0.4, 0.5) is 0 Å². The minimum Gasteiger partial charge on any atom is -0.550 e. The third-order valence-corrected chi connectivity index (χ3v) is 1.16. The number of hydrogen-bond acceptors (Lipinski definition) is 3. The van der Waals surface area contributed by atoms with Crippen molar-refractivity contribution in [3.05, 3.63) is 0 Å². The molecule has 1 saturated heterocycles. The zero-order valence-electron chi connectivity index (χ0n) is 5.42. The van der Waals surface area contributed by atoms with E-state index in [4.69, 9.17) is 4.74 Å². The van der Waals surface area contributed by atoms with Crippen molar-refractivity contribution in [1.82, 2.24) is 0 Å². The van der Waals surface area contributed by atoms with Gasteiger partial charge in [-0.3, -0.25) is 0 Å². The molecule has 0 amide bonds. The Balaban J connectivity index is 0.000000640. The third kappa shape index (κ3) is 2.90. The van der Waals surface area contributed by atoms with Crippen LogP contribution in [-0.2, 0) is 9.53 Å². The predicted octanol–water partition coefficient (Wildman–Crippen LogP) is -4.22. The summed E-state index contributed by atoms with van der Waals surface area (Å²) >= 11 is 0. The average molecular weight is 122 g/mol. The molecular weight excluding hydrogens is 115 g/mol. The van der Waals surface area contributed by atoms with Gasteiger partial charge in [-0.1, -0.05) is 0 Å². The minimum absolute atomic E-state index is 0. The van der Waals surface area contributed by atoms with Gasteiger partial charge in [-0.05, 0) is 6.42 Å². The molecule has 0 saturated carbocycles. The normalized spacial score (nSPS) is 17.8. The molecule has 1 aliphatic rings. The van der Waals surface area contributed by atoms with Crippen molar-refractivity contribution in [2.24, 2.45) is 5.92 Å². The van der Waals surface area contributed by atoms with E-state index in [9.17, 15) is 9.90 Å². The molecule has 0 aromatic rings. The summed E-state index contributed by atoms with van der Waals surface area (Å²) in [5, 5.41) is 9.84. The van der Waals surface area contributed by atoms with Gasteiger partial charge in [-0.25, -0.2) is 0 Å². The molecule has 9 heavy (non-hydrogen) atoms. The van der Waals surface area contributed by atoms with Gasteiger partial charge >= 0.3 is 18.9 Å². The van der Waals surface area contributed by atoms with Crippen molar-refractivity contribution in [3.8, 4) is 0 Å². The number of hydrogen-bond donors (Lipinski definition) is 0. The zero-order valence-corrected chi connectivity index (χ0v) is 5.42. The molecule has 0 unspecified atom stereocenters. The molecule has 0 aliphatic carbocycles. The Labute approximate surface area is 65.6 Å². The molecule has 1 rings (SSSR count). The van der Waals surface area contributed by atoms with Crippen LogP contribution in [0.15, 0.2) is 0 Å². The van der Waals surface area contributed by atoms with Crippen LogP contribution in [0, 0.1) is 5.92 Å². The Hall–Kier alpha value is 0.0274. The topological polar surface area (TPSA) is 49.4 Å². The summed E-state index contributed by atoms with van der Waals surface area (Å²) in [5.74, 6) is -0.752. The van der Waals surface area contributed by atoms with Gasteiger partial charge < -0.3 is 14.6 Å². The summed E-state index contributed by atoms with van der Waals surface area (Å²) in [6.45, 7) is 1.18. The Morgan fingerprint density at radius 3 is 2.33 bits per heavy atom. The maximum atomic E-state index is 9.84. The standard InChI is InChI=1S/C5H8O3.Li/c6-5(7)1-4-2-8-3-4;/h4H,1-3H2,(H,6,7);/q;+1/p-1. The molecule has 0 N–H and O–H groups in total.